The summed E-state index contributed by atoms with van der Waals surface area (Å²) in [5.74, 6) is 2.47. The van der Waals surface area contributed by atoms with Crippen molar-refractivity contribution in [3.8, 4) is 17.4 Å². The lowest BCUT2D eigenvalue weighted by atomic mass is 9.88. The van der Waals surface area contributed by atoms with Crippen molar-refractivity contribution in [2.75, 3.05) is 58.3 Å². The normalized spacial score (nSPS) is 14.9. The molecule has 1 aliphatic heterocycles. The highest BCUT2D eigenvalue weighted by Crippen LogP contribution is 2.28. The molecule has 0 spiro atoms. The van der Waals surface area contributed by atoms with Crippen LogP contribution in [0, 0.1) is 21.7 Å². The fourth-order valence-electron chi connectivity index (χ4n) is 7.87. The smallest absolute Gasteiger partial charge is 0.213 e. The number of benzene rings is 1. The van der Waals surface area contributed by atoms with Gasteiger partial charge in [-0.3, -0.25) is 4.98 Å². The van der Waals surface area contributed by atoms with Crippen LogP contribution in [0.15, 0.2) is 65.8 Å². The first-order valence-electron chi connectivity index (χ1n) is 30.3. The summed E-state index contributed by atoms with van der Waals surface area (Å²) in [6.45, 7) is 62.4. The lowest BCUT2D eigenvalue weighted by Crippen LogP contribution is -2.41. The van der Waals surface area contributed by atoms with Gasteiger partial charge in [-0.15, -0.1) is 0 Å². The highest BCUT2D eigenvalue weighted by Gasteiger charge is 2.23. The Morgan fingerprint density at radius 2 is 1.15 bits per heavy atom. The van der Waals surface area contributed by atoms with E-state index in [1.807, 2.05) is 36.7 Å². The maximum Gasteiger partial charge on any atom is 0.213 e. The Kier molecular flexibility index (Phi) is 31.1. The highest BCUT2D eigenvalue weighted by atomic mass is 32.2. The summed E-state index contributed by atoms with van der Waals surface area (Å²) in [5, 5.41) is 6.88. The second-order valence-electron chi connectivity index (χ2n) is 31.4. The van der Waals surface area contributed by atoms with Gasteiger partial charge in [-0.1, -0.05) is 125 Å². The van der Waals surface area contributed by atoms with E-state index in [4.69, 9.17) is 18.9 Å². The van der Waals surface area contributed by atoms with E-state index >= 15 is 0 Å². The van der Waals surface area contributed by atoms with E-state index in [1.54, 1.807) is 24.3 Å². The second-order valence-corrected chi connectivity index (χ2v) is 33.5. The average molecular weight is 1140 g/mol. The van der Waals surface area contributed by atoms with Gasteiger partial charge in [0.25, 0.3) is 0 Å². The van der Waals surface area contributed by atoms with E-state index < -0.39 is 9.84 Å². The number of rotatable bonds is 21. The average Bonchev–Trinajstić information content (AvgIpc) is 3.30. The van der Waals surface area contributed by atoms with E-state index in [1.165, 1.54) is 57.3 Å². The number of aromatic nitrogens is 2. The van der Waals surface area contributed by atoms with Crippen LogP contribution in [0.25, 0.3) is 0 Å². The molecule has 1 aromatic carbocycles. The van der Waals surface area contributed by atoms with Gasteiger partial charge in [-0.2, -0.15) is 0 Å². The van der Waals surface area contributed by atoms with Gasteiger partial charge in [0.1, 0.15) is 17.6 Å². The first-order valence-corrected chi connectivity index (χ1v) is 32.0. The molecule has 1 fully saturated rings. The fraction of sp³-hybridized carbons (Fsp3) is 0.765. The van der Waals surface area contributed by atoms with Crippen molar-refractivity contribution in [2.24, 2.45) is 21.7 Å². The molecule has 3 aromatic rings. The summed E-state index contributed by atoms with van der Waals surface area (Å²) in [6.07, 6.45) is 13.0. The summed E-state index contributed by atoms with van der Waals surface area (Å²) < 4.78 is 47.9. The van der Waals surface area contributed by atoms with Crippen molar-refractivity contribution in [1.82, 2.24) is 25.5 Å². The third-order valence-electron chi connectivity index (χ3n) is 12.9. The molecule has 0 saturated carbocycles. The van der Waals surface area contributed by atoms with Crippen LogP contribution in [0.4, 0.5) is 0 Å². The molecule has 2 aromatic heterocycles. The number of likely N-dealkylation sites (tertiary alicyclic amines) is 1. The molecule has 0 aliphatic carbocycles. The minimum atomic E-state index is -3.20. The largest absolute Gasteiger partial charge is 0.493 e. The van der Waals surface area contributed by atoms with Crippen LogP contribution in [0.1, 0.15) is 236 Å². The molecular weight excluding hydrogens is 1010 g/mol. The number of pyridine rings is 2. The van der Waals surface area contributed by atoms with E-state index in [0.29, 0.717) is 46.5 Å². The standard InChI is InChI=1S/C18H37NO.C18H30O3S.2C16H28N2O/c1-17(2,3)10-7-15-20-16-8-12-19(13-9-16)14-11-18(4,5)6;1-17(2,3)12-7-13-22(19,20)16-10-8-15(9-11-16)21-14-18(4,5)6;1-12(11-18-16(5,6)7)19-14-10-13(8-9-17-14)15(2,3)4;1-15(2,3)14-9-8-13(12-17-14)19-11-7-10-18-16(4,5)6/h16H,7-15H2,1-6H3;8-11H,7,12-14H2,1-6H3;8-10,12,18H,11H2,1-7H3;8-9,12,18H,7,10-11H2,1-6H3/t;;12-;/m..0./s1. The van der Waals surface area contributed by atoms with E-state index in [2.05, 4.69) is 199 Å². The van der Waals surface area contributed by atoms with Crippen LogP contribution in [-0.4, -0.2) is 105 Å². The van der Waals surface area contributed by atoms with E-state index in [9.17, 15) is 8.42 Å². The first-order chi connectivity index (χ1) is 36.3. The molecule has 1 saturated heterocycles. The molecule has 2 N–H and O–H groups in total. The molecule has 1 atom stereocenters. The Balaban J connectivity index is 0.000000534. The molecule has 0 amide bonds. The van der Waals surface area contributed by atoms with Crippen LogP contribution in [-0.2, 0) is 25.4 Å². The van der Waals surface area contributed by atoms with Crippen molar-refractivity contribution in [3.05, 3.63) is 72.2 Å². The van der Waals surface area contributed by atoms with Crippen LogP contribution in [0.3, 0.4) is 0 Å². The zero-order valence-electron chi connectivity index (χ0n) is 56.1. The van der Waals surface area contributed by atoms with E-state index in [-0.39, 0.29) is 44.6 Å². The lowest BCUT2D eigenvalue weighted by Gasteiger charge is -2.33. The van der Waals surface area contributed by atoms with Crippen LogP contribution < -0.4 is 24.8 Å². The summed E-state index contributed by atoms with van der Waals surface area (Å²) in [7, 11) is -3.20. The molecule has 0 bridgehead atoms. The molecule has 462 valence electrons. The maximum absolute atomic E-state index is 12.3. The predicted molar refractivity (Wildman–Crippen MR) is 342 cm³/mol. The molecule has 11 nitrogen and oxygen atoms in total. The van der Waals surface area contributed by atoms with E-state index in [0.717, 1.165) is 50.6 Å². The van der Waals surface area contributed by atoms with Crippen molar-refractivity contribution in [1.29, 1.82) is 0 Å². The third kappa shape index (κ3) is 39.2. The van der Waals surface area contributed by atoms with Crippen LogP contribution in [0.5, 0.6) is 17.4 Å². The number of ether oxygens (including phenoxy) is 4. The monoisotopic (exact) mass is 1140 g/mol. The summed E-state index contributed by atoms with van der Waals surface area (Å²) >= 11 is 0. The number of hydrogen-bond acceptors (Lipinski definition) is 11. The molecule has 4 rings (SSSR count). The van der Waals surface area contributed by atoms with Gasteiger partial charge in [0, 0.05) is 60.7 Å². The minimum absolute atomic E-state index is 0.0811. The Morgan fingerprint density at radius 3 is 1.64 bits per heavy atom. The maximum atomic E-state index is 12.3. The van der Waals surface area contributed by atoms with Crippen molar-refractivity contribution >= 4 is 9.84 Å². The molecule has 3 heterocycles. The Labute approximate surface area is 493 Å². The van der Waals surface area contributed by atoms with Crippen molar-refractivity contribution < 1.29 is 27.4 Å². The second kappa shape index (κ2) is 33.3. The molecule has 0 radical (unpaired) electrons. The number of hydrogen-bond donors (Lipinski definition) is 2. The zero-order chi connectivity index (χ0) is 61.4. The third-order valence-corrected chi connectivity index (χ3v) is 14.7. The van der Waals surface area contributed by atoms with Gasteiger partial charge in [0.2, 0.25) is 5.88 Å². The van der Waals surface area contributed by atoms with Crippen molar-refractivity contribution in [3.63, 3.8) is 0 Å². The van der Waals surface area contributed by atoms with Crippen LogP contribution in [0.2, 0.25) is 0 Å². The van der Waals surface area contributed by atoms with Gasteiger partial charge >= 0.3 is 0 Å². The van der Waals surface area contributed by atoms with Crippen molar-refractivity contribution in [2.45, 2.75) is 263 Å². The van der Waals surface area contributed by atoms with Gasteiger partial charge in [-0.05, 0) is 188 Å². The Bertz CT molecular complexity index is 2220. The minimum Gasteiger partial charge on any atom is -0.493 e. The number of sulfone groups is 1. The SMILES string of the molecule is CC(C)(C)CCCOC1CCN(CCC(C)(C)C)CC1.CC(C)(C)CCCS(=O)(=O)c1ccc(OCC(C)(C)C)cc1.CC(C)(C)NCCCOc1ccc(C(C)(C)C)nc1.C[C@@H](CNC(C)(C)C)Oc1cc(C(C)(C)C)ccn1. The zero-order valence-corrected chi connectivity index (χ0v) is 57.0. The van der Waals surface area contributed by atoms with Gasteiger partial charge in [0.15, 0.2) is 9.84 Å². The first kappa shape index (κ1) is 74.7. The predicted octanol–water partition coefficient (Wildman–Crippen LogP) is 16.5. The topological polar surface area (TPSA) is 124 Å². The summed E-state index contributed by atoms with van der Waals surface area (Å²) in [4.78, 5) is 11.7. The van der Waals surface area contributed by atoms with Gasteiger partial charge < -0.3 is 34.5 Å². The highest BCUT2D eigenvalue weighted by molar-refractivity contribution is 7.91. The number of nitrogens with one attached hydrogen (secondary N) is 2. The Morgan fingerprint density at radius 1 is 0.600 bits per heavy atom. The quantitative estimate of drug-likeness (QED) is 0.0991. The Hall–Kier alpha value is -3.29. The van der Waals surface area contributed by atoms with Gasteiger partial charge in [-0.25, -0.2) is 13.4 Å². The summed E-state index contributed by atoms with van der Waals surface area (Å²) in [5.41, 5.74) is 3.98. The molecular formula is C68H123N5O6S. The number of nitrogens with zero attached hydrogens (tertiary/aromatic N) is 3. The molecule has 12 heteroatoms. The fourth-order valence-corrected chi connectivity index (χ4v) is 9.18. The van der Waals surface area contributed by atoms with Crippen LogP contribution >= 0.6 is 0 Å². The molecule has 0 unspecified atom stereocenters. The number of piperidine rings is 1. The molecule has 1 aliphatic rings. The lowest BCUT2D eigenvalue weighted by molar-refractivity contribution is 0.00217. The van der Waals surface area contributed by atoms with Gasteiger partial charge in [0.05, 0.1) is 36.2 Å². The summed E-state index contributed by atoms with van der Waals surface area (Å²) in [6, 6.07) is 14.9. The molecule has 80 heavy (non-hydrogen) atoms.